The Morgan fingerprint density at radius 3 is 2.47 bits per heavy atom. The fourth-order valence-corrected chi connectivity index (χ4v) is 3.18. The van der Waals surface area contributed by atoms with Crippen LogP contribution in [0.4, 0.5) is 5.69 Å². The average Bonchev–Trinajstić information content (AvgIpc) is 2.21. The molecule has 1 N–H and O–H groups in total. The zero-order valence-electron chi connectivity index (χ0n) is 10.7. The van der Waals surface area contributed by atoms with Gasteiger partial charge in [0.2, 0.25) is 0 Å². The van der Waals surface area contributed by atoms with Crippen molar-refractivity contribution in [3.8, 4) is 0 Å². The van der Waals surface area contributed by atoms with Crippen molar-refractivity contribution in [2.75, 3.05) is 5.32 Å². The van der Waals surface area contributed by atoms with Crippen molar-refractivity contribution in [1.29, 1.82) is 0 Å². The maximum atomic E-state index is 5.76. The molecular formula is C14H20INO. The van der Waals surface area contributed by atoms with Gasteiger partial charge in [-0.1, -0.05) is 0 Å². The molecule has 0 radical (unpaired) electrons. The van der Waals surface area contributed by atoms with Crippen LogP contribution in [0.3, 0.4) is 0 Å². The Balaban J connectivity index is 2.04. The molecule has 1 aromatic rings. The minimum absolute atomic E-state index is 0.361. The minimum Gasteiger partial charge on any atom is -0.382 e. The van der Waals surface area contributed by atoms with E-state index in [0.29, 0.717) is 18.2 Å². The van der Waals surface area contributed by atoms with E-state index in [4.69, 9.17) is 4.74 Å². The maximum absolute atomic E-state index is 5.76. The summed E-state index contributed by atoms with van der Waals surface area (Å²) < 4.78 is 7.05. The Kier molecular flexibility index (Phi) is 4.31. The van der Waals surface area contributed by atoms with Gasteiger partial charge in [-0.3, -0.25) is 0 Å². The standard InChI is InChI=1S/C14H20INO/c1-9-6-12(15)4-5-14(9)16-13-7-10(2)17-11(3)8-13/h4-6,10-11,13,16H,7-8H2,1-3H3. The summed E-state index contributed by atoms with van der Waals surface area (Å²) in [6.07, 6.45) is 2.91. The van der Waals surface area contributed by atoms with E-state index in [1.54, 1.807) is 0 Å². The largest absolute Gasteiger partial charge is 0.382 e. The van der Waals surface area contributed by atoms with Crippen LogP contribution in [0.2, 0.25) is 0 Å². The number of hydrogen-bond donors (Lipinski definition) is 1. The van der Waals surface area contributed by atoms with E-state index in [0.717, 1.165) is 12.8 Å². The monoisotopic (exact) mass is 345 g/mol. The molecule has 1 heterocycles. The maximum Gasteiger partial charge on any atom is 0.0570 e. The zero-order valence-corrected chi connectivity index (χ0v) is 12.8. The van der Waals surface area contributed by atoms with Gasteiger partial charge < -0.3 is 10.1 Å². The van der Waals surface area contributed by atoms with Crippen molar-refractivity contribution < 1.29 is 4.74 Å². The molecule has 1 aliphatic rings. The number of halogens is 1. The van der Waals surface area contributed by atoms with Crippen LogP contribution in [0, 0.1) is 10.5 Å². The topological polar surface area (TPSA) is 21.3 Å². The number of hydrogen-bond acceptors (Lipinski definition) is 2. The van der Waals surface area contributed by atoms with Gasteiger partial charge in [0.05, 0.1) is 12.2 Å². The lowest BCUT2D eigenvalue weighted by Crippen LogP contribution is -2.37. The van der Waals surface area contributed by atoms with Crippen LogP contribution in [0.5, 0.6) is 0 Å². The Hall–Kier alpha value is -0.290. The first-order valence-electron chi connectivity index (χ1n) is 6.22. The summed E-state index contributed by atoms with van der Waals surface area (Å²) in [6.45, 7) is 6.48. The van der Waals surface area contributed by atoms with Gasteiger partial charge in [-0.2, -0.15) is 0 Å². The molecule has 2 nitrogen and oxygen atoms in total. The van der Waals surface area contributed by atoms with Gasteiger partial charge in [0.25, 0.3) is 0 Å². The molecule has 0 spiro atoms. The van der Waals surface area contributed by atoms with Crippen LogP contribution in [0.1, 0.15) is 32.3 Å². The summed E-state index contributed by atoms with van der Waals surface area (Å²) in [5, 5.41) is 3.65. The van der Waals surface area contributed by atoms with E-state index in [9.17, 15) is 0 Å². The van der Waals surface area contributed by atoms with Gasteiger partial charge in [0, 0.05) is 15.3 Å². The van der Waals surface area contributed by atoms with E-state index in [2.05, 4.69) is 66.9 Å². The molecule has 0 amide bonds. The lowest BCUT2D eigenvalue weighted by atomic mass is 9.99. The molecular weight excluding hydrogens is 325 g/mol. The second-order valence-electron chi connectivity index (χ2n) is 5.03. The molecule has 2 rings (SSSR count). The second-order valence-corrected chi connectivity index (χ2v) is 6.27. The quantitative estimate of drug-likeness (QED) is 0.819. The summed E-state index contributed by atoms with van der Waals surface area (Å²) in [4.78, 5) is 0. The smallest absolute Gasteiger partial charge is 0.0570 e. The molecule has 1 aliphatic heterocycles. The third-order valence-corrected chi connectivity index (χ3v) is 3.92. The lowest BCUT2D eigenvalue weighted by molar-refractivity contribution is -0.0337. The van der Waals surface area contributed by atoms with Crippen molar-refractivity contribution >= 4 is 28.3 Å². The van der Waals surface area contributed by atoms with Crippen molar-refractivity contribution in [2.24, 2.45) is 0 Å². The van der Waals surface area contributed by atoms with Crippen LogP contribution < -0.4 is 5.32 Å². The number of nitrogens with one attached hydrogen (secondary N) is 1. The SMILES string of the molecule is Cc1cc(I)ccc1NC1CC(C)OC(C)C1. The molecule has 94 valence electrons. The normalized spacial score (nSPS) is 29.1. The first-order chi connectivity index (χ1) is 8.04. The summed E-state index contributed by atoms with van der Waals surface area (Å²) in [5.41, 5.74) is 2.58. The number of benzene rings is 1. The van der Waals surface area contributed by atoms with E-state index < -0.39 is 0 Å². The fraction of sp³-hybridized carbons (Fsp3) is 0.571. The molecule has 0 aromatic heterocycles. The Labute approximate surface area is 117 Å². The number of anilines is 1. The number of aryl methyl sites for hydroxylation is 1. The third kappa shape index (κ3) is 3.58. The zero-order chi connectivity index (χ0) is 12.4. The first kappa shape index (κ1) is 13.1. The van der Waals surface area contributed by atoms with Crippen LogP contribution in [-0.4, -0.2) is 18.2 Å². The molecule has 17 heavy (non-hydrogen) atoms. The average molecular weight is 345 g/mol. The van der Waals surface area contributed by atoms with E-state index >= 15 is 0 Å². The molecule has 2 unspecified atom stereocenters. The summed E-state index contributed by atoms with van der Waals surface area (Å²) in [5.74, 6) is 0. The Morgan fingerprint density at radius 2 is 1.88 bits per heavy atom. The predicted molar refractivity (Wildman–Crippen MR) is 80.5 cm³/mol. The van der Waals surface area contributed by atoms with Gasteiger partial charge in [-0.05, 0) is 80.0 Å². The van der Waals surface area contributed by atoms with Crippen LogP contribution >= 0.6 is 22.6 Å². The van der Waals surface area contributed by atoms with Crippen molar-refractivity contribution in [1.82, 2.24) is 0 Å². The summed E-state index contributed by atoms with van der Waals surface area (Å²) in [6, 6.07) is 7.09. The third-order valence-electron chi connectivity index (χ3n) is 3.25. The molecule has 1 aromatic carbocycles. The fourth-order valence-electron chi connectivity index (χ4n) is 2.53. The molecule has 1 fully saturated rings. The van der Waals surface area contributed by atoms with Gasteiger partial charge in [-0.15, -0.1) is 0 Å². The molecule has 2 atom stereocenters. The second kappa shape index (κ2) is 5.57. The van der Waals surface area contributed by atoms with E-state index in [1.807, 2.05) is 0 Å². The predicted octanol–water partition coefficient (Wildman–Crippen LogP) is 3.97. The van der Waals surface area contributed by atoms with Crippen LogP contribution in [0.25, 0.3) is 0 Å². The molecule has 1 saturated heterocycles. The van der Waals surface area contributed by atoms with Gasteiger partial charge in [0.1, 0.15) is 0 Å². The highest BCUT2D eigenvalue weighted by molar-refractivity contribution is 14.1. The highest BCUT2D eigenvalue weighted by Crippen LogP contribution is 2.25. The highest BCUT2D eigenvalue weighted by atomic mass is 127. The summed E-state index contributed by atoms with van der Waals surface area (Å²) >= 11 is 2.35. The van der Waals surface area contributed by atoms with E-state index in [-0.39, 0.29) is 0 Å². The molecule has 3 heteroatoms. The Morgan fingerprint density at radius 1 is 1.24 bits per heavy atom. The van der Waals surface area contributed by atoms with Gasteiger partial charge in [0.15, 0.2) is 0 Å². The number of ether oxygens (including phenoxy) is 1. The van der Waals surface area contributed by atoms with Gasteiger partial charge in [-0.25, -0.2) is 0 Å². The van der Waals surface area contributed by atoms with Crippen molar-refractivity contribution in [3.63, 3.8) is 0 Å². The van der Waals surface area contributed by atoms with Crippen molar-refractivity contribution in [2.45, 2.75) is 51.9 Å². The van der Waals surface area contributed by atoms with Crippen LogP contribution in [-0.2, 0) is 4.74 Å². The number of rotatable bonds is 2. The van der Waals surface area contributed by atoms with Crippen molar-refractivity contribution in [3.05, 3.63) is 27.3 Å². The van der Waals surface area contributed by atoms with Gasteiger partial charge >= 0.3 is 0 Å². The molecule has 0 saturated carbocycles. The molecule has 0 aliphatic carbocycles. The summed E-state index contributed by atoms with van der Waals surface area (Å²) in [7, 11) is 0. The minimum atomic E-state index is 0.361. The van der Waals surface area contributed by atoms with Crippen LogP contribution in [0.15, 0.2) is 18.2 Å². The van der Waals surface area contributed by atoms with E-state index in [1.165, 1.54) is 14.8 Å². The lowest BCUT2D eigenvalue weighted by Gasteiger charge is -2.33. The highest BCUT2D eigenvalue weighted by Gasteiger charge is 2.24. The Bertz CT molecular complexity index is 384. The first-order valence-corrected chi connectivity index (χ1v) is 7.30. The molecule has 0 bridgehead atoms.